The zero-order chi connectivity index (χ0) is 14.5. The van der Waals surface area contributed by atoms with Gasteiger partial charge in [0.1, 0.15) is 5.69 Å². The third-order valence-corrected chi connectivity index (χ3v) is 3.03. The maximum absolute atomic E-state index is 11.3. The predicted molar refractivity (Wildman–Crippen MR) is 75.6 cm³/mol. The molecule has 0 radical (unpaired) electrons. The van der Waals surface area contributed by atoms with Crippen molar-refractivity contribution in [1.29, 1.82) is 5.26 Å². The molecule has 5 nitrogen and oxygen atoms in total. The number of esters is 1. The Morgan fingerprint density at radius 2 is 2.25 bits per heavy atom. The average molecular weight is 290 g/mol. The molecule has 0 saturated heterocycles. The van der Waals surface area contributed by atoms with Crippen LogP contribution in [0.25, 0.3) is 0 Å². The average Bonchev–Trinajstić information content (AvgIpc) is 2.94. The van der Waals surface area contributed by atoms with Crippen molar-refractivity contribution in [2.24, 2.45) is 0 Å². The minimum absolute atomic E-state index is 0.398. The van der Waals surface area contributed by atoms with E-state index in [0.717, 1.165) is 11.4 Å². The van der Waals surface area contributed by atoms with Crippen LogP contribution in [0.4, 0.5) is 5.69 Å². The number of aromatic nitrogens is 1. The Kier molecular flexibility index (Phi) is 4.28. The van der Waals surface area contributed by atoms with Gasteiger partial charge in [-0.1, -0.05) is 11.6 Å². The smallest absolute Gasteiger partial charge is 0.354 e. The molecule has 0 amide bonds. The van der Waals surface area contributed by atoms with Crippen LogP contribution >= 0.6 is 11.6 Å². The highest BCUT2D eigenvalue weighted by Crippen LogP contribution is 2.23. The molecule has 0 aliphatic carbocycles. The monoisotopic (exact) mass is 289 g/mol. The number of anilines is 1. The van der Waals surface area contributed by atoms with Gasteiger partial charge in [-0.2, -0.15) is 5.26 Å². The molecule has 2 N–H and O–H groups in total. The van der Waals surface area contributed by atoms with E-state index in [-0.39, 0.29) is 0 Å². The van der Waals surface area contributed by atoms with Crippen LogP contribution in [0.2, 0.25) is 5.02 Å². The van der Waals surface area contributed by atoms with Crippen molar-refractivity contribution in [2.75, 3.05) is 12.4 Å². The fourth-order valence-electron chi connectivity index (χ4n) is 1.69. The molecule has 0 aliphatic rings. The molecule has 1 aromatic carbocycles. The van der Waals surface area contributed by atoms with E-state index in [1.54, 1.807) is 30.3 Å². The first-order valence-corrected chi connectivity index (χ1v) is 6.21. The van der Waals surface area contributed by atoms with Crippen molar-refractivity contribution in [3.05, 3.63) is 52.3 Å². The summed E-state index contributed by atoms with van der Waals surface area (Å²) in [6, 6.07) is 10.5. The zero-order valence-electron chi connectivity index (χ0n) is 10.7. The minimum Gasteiger partial charge on any atom is -0.464 e. The summed E-state index contributed by atoms with van der Waals surface area (Å²) in [5.41, 5.74) is 2.45. The Balaban J connectivity index is 2.04. The molecular weight excluding hydrogens is 278 g/mol. The summed E-state index contributed by atoms with van der Waals surface area (Å²) in [4.78, 5) is 14.2. The fourth-order valence-corrected chi connectivity index (χ4v) is 1.94. The van der Waals surface area contributed by atoms with Gasteiger partial charge in [-0.3, -0.25) is 0 Å². The summed E-state index contributed by atoms with van der Waals surface area (Å²) in [7, 11) is 1.33. The number of nitrogens with one attached hydrogen (secondary N) is 2. The Morgan fingerprint density at radius 1 is 1.45 bits per heavy atom. The molecule has 0 unspecified atom stereocenters. The van der Waals surface area contributed by atoms with E-state index in [1.807, 2.05) is 6.07 Å². The zero-order valence-corrected chi connectivity index (χ0v) is 11.5. The van der Waals surface area contributed by atoms with Crippen molar-refractivity contribution < 1.29 is 9.53 Å². The second-order valence-electron chi connectivity index (χ2n) is 4.05. The normalized spacial score (nSPS) is 9.85. The summed E-state index contributed by atoms with van der Waals surface area (Å²) >= 11 is 6.05. The van der Waals surface area contributed by atoms with Gasteiger partial charge in [-0.15, -0.1) is 0 Å². The first kappa shape index (κ1) is 14.0. The van der Waals surface area contributed by atoms with E-state index in [9.17, 15) is 4.79 Å². The molecule has 1 heterocycles. The van der Waals surface area contributed by atoms with Gasteiger partial charge < -0.3 is 15.0 Å². The second kappa shape index (κ2) is 6.13. The number of rotatable bonds is 4. The Morgan fingerprint density at radius 3 is 2.90 bits per heavy atom. The van der Waals surface area contributed by atoms with Crippen LogP contribution in [-0.4, -0.2) is 18.1 Å². The lowest BCUT2D eigenvalue weighted by Crippen LogP contribution is -2.04. The number of halogens is 1. The third-order valence-electron chi connectivity index (χ3n) is 2.72. The highest BCUT2D eigenvalue weighted by atomic mass is 35.5. The standard InChI is InChI=1S/C14H12ClN3O2/c1-20-14(19)13-5-3-10(18-13)8-17-12-4-2-9(7-16)6-11(12)15/h2-6,17-18H,8H2,1H3. The number of hydrogen-bond acceptors (Lipinski definition) is 4. The summed E-state index contributed by atoms with van der Waals surface area (Å²) in [6.07, 6.45) is 0. The van der Waals surface area contributed by atoms with E-state index in [4.69, 9.17) is 16.9 Å². The van der Waals surface area contributed by atoms with Gasteiger partial charge in [0, 0.05) is 5.69 Å². The van der Waals surface area contributed by atoms with Crippen LogP contribution in [0.5, 0.6) is 0 Å². The quantitative estimate of drug-likeness (QED) is 0.848. The fraction of sp³-hybridized carbons (Fsp3) is 0.143. The molecule has 0 spiro atoms. The molecule has 2 rings (SSSR count). The number of ether oxygens (including phenoxy) is 1. The Bertz CT molecular complexity index is 673. The van der Waals surface area contributed by atoms with Gasteiger partial charge in [0.15, 0.2) is 0 Å². The molecule has 0 bridgehead atoms. The van der Waals surface area contributed by atoms with E-state index in [2.05, 4.69) is 15.0 Å². The second-order valence-corrected chi connectivity index (χ2v) is 4.46. The lowest BCUT2D eigenvalue weighted by atomic mass is 10.2. The number of nitriles is 1. The summed E-state index contributed by atoms with van der Waals surface area (Å²) < 4.78 is 4.61. The van der Waals surface area contributed by atoms with Crippen LogP contribution in [0.15, 0.2) is 30.3 Å². The van der Waals surface area contributed by atoms with Crippen molar-refractivity contribution >= 4 is 23.3 Å². The summed E-state index contributed by atoms with van der Waals surface area (Å²) in [5, 5.41) is 12.4. The molecule has 2 aromatic rings. The van der Waals surface area contributed by atoms with Gasteiger partial charge in [-0.25, -0.2) is 4.79 Å². The first-order valence-electron chi connectivity index (χ1n) is 5.83. The van der Waals surface area contributed by atoms with Crippen molar-refractivity contribution in [2.45, 2.75) is 6.54 Å². The Labute approximate surface area is 121 Å². The third kappa shape index (κ3) is 3.11. The summed E-state index contributed by atoms with van der Waals surface area (Å²) in [5.74, 6) is -0.410. The van der Waals surface area contributed by atoms with Crippen LogP contribution in [0.3, 0.4) is 0 Å². The van der Waals surface area contributed by atoms with E-state index < -0.39 is 5.97 Å². The number of aromatic amines is 1. The van der Waals surface area contributed by atoms with E-state index in [1.165, 1.54) is 7.11 Å². The minimum atomic E-state index is -0.410. The van der Waals surface area contributed by atoms with Crippen LogP contribution < -0.4 is 5.32 Å². The SMILES string of the molecule is COC(=O)c1ccc(CNc2ccc(C#N)cc2Cl)[nH]1. The number of hydrogen-bond donors (Lipinski definition) is 2. The lowest BCUT2D eigenvalue weighted by Gasteiger charge is -2.07. The number of benzene rings is 1. The number of carbonyl (C=O) groups is 1. The highest BCUT2D eigenvalue weighted by molar-refractivity contribution is 6.33. The predicted octanol–water partition coefficient (Wildman–Crippen LogP) is 2.94. The molecule has 6 heteroatoms. The van der Waals surface area contributed by atoms with Gasteiger partial charge >= 0.3 is 5.97 Å². The maximum Gasteiger partial charge on any atom is 0.354 e. The van der Waals surface area contributed by atoms with Gasteiger partial charge in [0.2, 0.25) is 0 Å². The molecule has 0 atom stereocenters. The number of methoxy groups -OCH3 is 1. The largest absolute Gasteiger partial charge is 0.464 e. The Hall–Kier alpha value is -2.45. The lowest BCUT2D eigenvalue weighted by molar-refractivity contribution is 0.0594. The topological polar surface area (TPSA) is 77.9 Å². The molecule has 0 saturated carbocycles. The van der Waals surface area contributed by atoms with E-state index >= 15 is 0 Å². The number of carbonyl (C=O) groups excluding carboxylic acids is 1. The van der Waals surface area contributed by atoms with Gasteiger partial charge in [0.05, 0.1) is 36.0 Å². The molecule has 0 aliphatic heterocycles. The van der Waals surface area contributed by atoms with Crippen LogP contribution in [0, 0.1) is 11.3 Å². The number of H-pyrrole nitrogens is 1. The molecule has 1 aromatic heterocycles. The van der Waals surface area contributed by atoms with Gasteiger partial charge in [-0.05, 0) is 30.3 Å². The van der Waals surface area contributed by atoms with E-state index in [0.29, 0.717) is 22.8 Å². The number of nitrogens with zero attached hydrogens (tertiary/aromatic N) is 1. The molecule has 20 heavy (non-hydrogen) atoms. The highest BCUT2D eigenvalue weighted by Gasteiger charge is 2.08. The van der Waals surface area contributed by atoms with Crippen LogP contribution in [-0.2, 0) is 11.3 Å². The van der Waals surface area contributed by atoms with Crippen molar-refractivity contribution in [3.63, 3.8) is 0 Å². The van der Waals surface area contributed by atoms with Crippen molar-refractivity contribution in [3.8, 4) is 6.07 Å². The summed E-state index contributed by atoms with van der Waals surface area (Å²) in [6.45, 7) is 0.475. The van der Waals surface area contributed by atoms with Crippen molar-refractivity contribution in [1.82, 2.24) is 4.98 Å². The molecular formula is C14H12ClN3O2. The molecule has 0 fully saturated rings. The molecule has 102 valence electrons. The first-order chi connectivity index (χ1) is 9.63. The van der Waals surface area contributed by atoms with Crippen LogP contribution in [0.1, 0.15) is 21.7 Å². The van der Waals surface area contributed by atoms with Gasteiger partial charge in [0.25, 0.3) is 0 Å². The maximum atomic E-state index is 11.3.